The van der Waals surface area contributed by atoms with Gasteiger partial charge in [-0.15, -0.1) is 6.58 Å². The number of halogens is 4. The van der Waals surface area contributed by atoms with Crippen molar-refractivity contribution in [2.24, 2.45) is 11.8 Å². The molecule has 2 aliphatic heterocycles. The van der Waals surface area contributed by atoms with Crippen molar-refractivity contribution in [1.29, 1.82) is 0 Å². The monoisotopic (exact) mass is 616 g/mol. The summed E-state index contributed by atoms with van der Waals surface area (Å²) >= 11 is 0. The number of likely N-dealkylation sites (tertiary alicyclic amines) is 2. The maximum atomic E-state index is 14.2. The van der Waals surface area contributed by atoms with Crippen LogP contribution in [0.2, 0.25) is 0 Å². The predicted octanol–water partition coefficient (Wildman–Crippen LogP) is 5.87. The topological polar surface area (TPSA) is 76.1 Å². The zero-order valence-electron chi connectivity index (χ0n) is 24.7. The Labute approximate surface area is 255 Å². The van der Waals surface area contributed by atoms with Crippen molar-refractivity contribution in [3.05, 3.63) is 78.1 Å². The van der Waals surface area contributed by atoms with Crippen molar-refractivity contribution in [3.8, 4) is 0 Å². The van der Waals surface area contributed by atoms with Crippen LogP contribution in [0.15, 0.2) is 61.2 Å². The molecule has 238 valence electrons. The Morgan fingerprint density at radius 2 is 1.75 bits per heavy atom. The van der Waals surface area contributed by atoms with Crippen molar-refractivity contribution < 1.29 is 32.3 Å². The van der Waals surface area contributed by atoms with E-state index in [0.29, 0.717) is 44.6 Å². The van der Waals surface area contributed by atoms with Crippen molar-refractivity contribution >= 4 is 17.6 Å². The number of hydrogen-bond acceptors (Lipinski definition) is 4. The number of nitrogens with one attached hydrogen (secondary N) is 1. The highest BCUT2D eigenvalue weighted by molar-refractivity contribution is 5.89. The molecule has 2 aromatic carbocycles. The van der Waals surface area contributed by atoms with Crippen molar-refractivity contribution in [2.45, 2.75) is 56.3 Å². The van der Waals surface area contributed by atoms with Gasteiger partial charge in [-0.2, -0.15) is 13.2 Å². The van der Waals surface area contributed by atoms with Gasteiger partial charge in [-0.05, 0) is 67.6 Å². The highest BCUT2D eigenvalue weighted by Crippen LogP contribution is 2.40. The van der Waals surface area contributed by atoms with Gasteiger partial charge in [0.25, 0.3) is 0 Å². The lowest BCUT2D eigenvalue weighted by molar-refractivity contribution is -0.137. The van der Waals surface area contributed by atoms with E-state index in [1.807, 2.05) is 0 Å². The lowest BCUT2D eigenvalue weighted by Gasteiger charge is -2.40. The number of benzene rings is 2. The van der Waals surface area contributed by atoms with Gasteiger partial charge in [-0.25, -0.2) is 9.18 Å². The Bertz CT molecular complexity index is 1320. The fraction of sp³-hybridized carbons (Fsp3) is 0.515. The molecule has 0 radical (unpaired) electrons. The van der Waals surface area contributed by atoms with Crippen LogP contribution in [0.3, 0.4) is 0 Å². The minimum absolute atomic E-state index is 0.0224. The van der Waals surface area contributed by atoms with Gasteiger partial charge < -0.3 is 25.1 Å². The summed E-state index contributed by atoms with van der Waals surface area (Å²) in [6.45, 7) is 6.34. The summed E-state index contributed by atoms with van der Waals surface area (Å²) < 4.78 is 53.0. The summed E-state index contributed by atoms with van der Waals surface area (Å²) in [6.07, 6.45) is 2.23. The number of hydrogen-bond donors (Lipinski definition) is 2. The average molecular weight is 617 g/mol. The molecule has 2 atom stereocenters. The first-order chi connectivity index (χ1) is 21.0. The van der Waals surface area contributed by atoms with Gasteiger partial charge >= 0.3 is 12.2 Å². The predicted molar refractivity (Wildman–Crippen MR) is 159 cm³/mol. The normalized spacial score (nSPS) is 23.6. The SMILES string of the molecule is C=CCN(C(=O)Nc1ccc(C(F)(F)F)cc1)C1CCN(C[C@H]2CN(C(=O)C3CCCC3)C[C@]2(O)c2cccc(F)c2)CC1. The Balaban J connectivity index is 1.23. The zero-order valence-corrected chi connectivity index (χ0v) is 24.7. The van der Waals surface area contributed by atoms with E-state index in [-0.39, 0.29) is 42.6 Å². The summed E-state index contributed by atoms with van der Waals surface area (Å²) in [4.78, 5) is 32.1. The lowest BCUT2D eigenvalue weighted by Crippen LogP contribution is -2.50. The van der Waals surface area contributed by atoms with Crippen LogP contribution in [0, 0.1) is 17.7 Å². The van der Waals surface area contributed by atoms with Gasteiger partial charge in [0.15, 0.2) is 0 Å². The van der Waals surface area contributed by atoms with Gasteiger partial charge in [0, 0.05) is 56.3 Å². The van der Waals surface area contributed by atoms with Crippen LogP contribution in [0.4, 0.5) is 28.0 Å². The molecule has 7 nitrogen and oxygen atoms in total. The van der Waals surface area contributed by atoms with Gasteiger partial charge in [-0.1, -0.05) is 31.1 Å². The Kier molecular flexibility index (Phi) is 9.65. The summed E-state index contributed by atoms with van der Waals surface area (Å²) in [7, 11) is 0. The van der Waals surface area contributed by atoms with Crippen LogP contribution in [0.1, 0.15) is 49.7 Å². The molecule has 3 amide bonds. The molecule has 1 saturated carbocycles. The molecule has 2 heterocycles. The molecule has 2 aromatic rings. The Hall–Kier alpha value is -3.44. The first-order valence-electron chi connectivity index (χ1n) is 15.3. The molecule has 1 aliphatic carbocycles. The number of piperidine rings is 1. The fourth-order valence-electron chi connectivity index (χ4n) is 6.99. The van der Waals surface area contributed by atoms with E-state index in [0.717, 1.165) is 37.8 Å². The number of carbonyl (C=O) groups excluding carboxylic acids is 2. The lowest BCUT2D eigenvalue weighted by atomic mass is 9.83. The fourth-order valence-corrected chi connectivity index (χ4v) is 6.99. The number of alkyl halides is 3. The number of amides is 3. The number of rotatable bonds is 8. The molecular weight excluding hydrogens is 576 g/mol. The third-order valence-electron chi connectivity index (χ3n) is 9.42. The molecule has 0 bridgehead atoms. The molecule has 2 N–H and O–H groups in total. The van der Waals surface area contributed by atoms with Gasteiger partial charge in [0.2, 0.25) is 5.91 Å². The Morgan fingerprint density at radius 1 is 1.07 bits per heavy atom. The maximum absolute atomic E-state index is 14.2. The molecule has 0 aromatic heterocycles. The van der Waals surface area contributed by atoms with Gasteiger partial charge in [0.1, 0.15) is 11.4 Å². The van der Waals surface area contributed by atoms with E-state index in [1.54, 1.807) is 28.0 Å². The van der Waals surface area contributed by atoms with Crippen molar-refractivity contribution in [1.82, 2.24) is 14.7 Å². The summed E-state index contributed by atoms with van der Waals surface area (Å²) in [5.41, 5.74) is -1.44. The second-order valence-electron chi connectivity index (χ2n) is 12.3. The van der Waals surface area contributed by atoms with E-state index in [1.165, 1.54) is 24.3 Å². The molecule has 0 spiro atoms. The number of aliphatic hydroxyl groups is 1. The third-order valence-corrected chi connectivity index (χ3v) is 9.42. The van der Waals surface area contributed by atoms with Crippen LogP contribution in [-0.4, -0.2) is 77.1 Å². The largest absolute Gasteiger partial charge is 0.416 e. The highest BCUT2D eigenvalue weighted by atomic mass is 19.4. The second kappa shape index (κ2) is 13.3. The van der Waals surface area contributed by atoms with Crippen LogP contribution >= 0.6 is 0 Å². The highest BCUT2D eigenvalue weighted by Gasteiger charge is 2.49. The molecule has 0 unspecified atom stereocenters. The van der Waals surface area contributed by atoms with Crippen molar-refractivity contribution in [2.75, 3.05) is 44.6 Å². The van der Waals surface area contributed by atoms with Crippen LogP contribution in [0.25, 0.3) is 0 Å². The third kappa shape index (κ3) is 7.10. The molecule has 3 aliphatic rings. The van der Waals surface area contributed by atoms with E-state index in [9.17, 15) is 32.3 Å². The summed E-state index contributed by atoms with van der Waals surface area (Å²) in [6, 6.07) is 9.78. The molecule has 2 saturated heterocycles. The Morgan fingerprint density at radius 3 is 2.36 bits per heavy atom. The molecule has 44 heavy (non-hydrogen) atoms. The minimum Gasteiger partial charge on any atom is -0.383 e. The van der Waals surface area contributed by atoms with E-state index in [2.05, 4.69) is 16.8 Å². The smallest absolute Gasteiger partial charge is 0.383 e. The average Bonchev–Trinajstić information content (AvgIpc) is 3.65. The molecule has 5 rings (SSSR count). The van der Waals surface area contributed by atoms with Crippen LogP contribution in [-0.2, 0) is 16.6 Å². The number of β-amino-alcohol motifs (C(OH)–C–C–N with tert-alkyl or cyclic N) is 1. The quantitative estimate of drug-likeness (QED) is 0.288. The number of anilines is 1. The first kappa shape index (κ1) is 32.0. The molecular formula is C33H40F4N4O3. The minimum atomic E-state index is -4.46. The molecule has 3 fully saturated rings. The number of urea groups is 1. The van der Waals surface area contributed by atoms with E-state index in [4.69, 9.17) is 0 Å². The van der Waals surface area contributed by atoms with Crippen LogP contribution in [0.5, 0.6) is 0 Å². The zero-order chi connectivity index (χ0) is 31.5. The van der Waals surface area contributed by atoms with Gasteiger partial charge in [0.05, 0.1) is 12.1 Å². The maximum Gasteiger partial charge on any atom is 0.416 e. The van der Waals surface area contributed by atoms with E-state index < -0.39 is 29.2 Å². The van der Waals surface area contributed by atoms with Gasteiger partial charge in [-0.3, -0.25) is 4.79 Å². The van der Waals surface area contributed by atoms with Crippen molar-refractivity contribution in [3.63, 3.8) is 0 Å². The first-order valence-corrected chi connectivity index (χ1v) is 15.3. The van der Waals surface area contributed by atoms with E-state index >= 15 is 0 Å². The number of nitrogens with zero attached hydrogens (tertiary/aromatic N) is 3. The standard InChI is InChI=1S/C33H40F4N4O3/c1-2-16-41(31(43)38-28-12-10-24(11-13-28)33(35,36)37)29-14-17-39(18-15-29)20-26-21-40(30(42)23-6-3-4-7-23)22-32(26,44)25-8-5-9-27(34)19-25/h2,5,8-13,19,23,26,29,44H,1,3-4,6-7,14-18,20-22H2,(H,38,43)/t26-,32-/m0/s1. The second-order valence-corrected chi connectivity index (χ2v) is 12.3. The number of carbonyl (C=O) groups is 2. The van der Waals surface area contributed by atoms with Crippen LogP contribution < -0.4 is 5.32 Å². The summed E-state index contributed by atoms with van der Waals surface area (Å²) in [5, 5.41) is 14.7. The summed E-state index contributed by atoms with van der Waals surface area (Å²) in [5.74, 6) is -0.713. The molecule has 11 heteroatoms.